The van der Waals surface area contributed by atoms with Gasteiger partial charge in [-0.15, -0.1) is 0 Å². The molecule has 1 saturated heterocycles. The summed E-state index contributed by atoms with van der Waals surface area (Å²) in [4.78, 5) is 29.1. The molecule has 0 aromatic heterocycles. The highest BCUT2D eigenvalue weighted by molar-refractivity contribution is 6.31. The lowest BCUT2D eigenvalue weighted by atomic mass is 10.2. The fourth-order valence-corrected chi connectivity index (χ4v) is 3.33. The lowest BCUT2D eigenvalue weighted by molar-refractivity contribution is -0.135. The molecule has 136 valence electrons. The second-order valence-corrected chi connectivity index (χ2v) is 7.28. The Hall–Kier alpha value is -1.79. The second kappa shape index (κ2) is 7.22. The number of anilines is 1. The average molecular weight is 366 g/mol. The Kier molecular flexibility index (Phi) is 5.20. The summed E-state index contributed by atoms with van der Waals surface area (Å²) in [5, 5.41) is 3.47. The quantitative estimate of drug-likeness (QED) is 0.886. The summed E-state index contributed by atoms with van der Waals surface area (Å²) in [6.45, 7) is 5.12. The maximum Gasteiger partial charge on any atom is 0.228 e. The minimum absolute atomic E-state index is 0.104. The van der Waals surface area contributed by atoms with Crippen molar-refractivity contribution in [3.05, 3.63) is 22.7 Å². The van der Waals surface area contributed by atoms with E-state index >= 15 is 0 Å². The molecule has 0 bridgehead atoms. The number of methoxy groups -OCH3 is 1. The van der Waals surface area contributed by atoms with E-state index in [1.807, 2.05) is 11.8 Å². The van der Waals surface area contributed by atoms with Gasteiger partial charge in [-0.05, 0) is 32.0 Å². The molecule has 7 heteroatoms. The predicted molar refractivity (Wildman–Crippen MR) is 97.0 cm³/mol. The average Bonchev–Trinajstić information content (AvgIpc) is 3.38. The van der Waals surface area contributed by atoms with E-state index in [0.29, 0.717) is 22.9 Å². The topological polar surface area (TPSA) is 61.9 Å². The van der Waals surface area contributed by atoms with E-state index in [0.717, 1.165) is 31.7 Å². The summed E-state index contributed by atoms with van der Waals surface area (Å²) < 4.78 is 5.28. The first-order valence-corrected chi connectivity index (χ1v) is 8.91. The van der Waals surface area contributed by atoms with Crippen LogP contribution in [0.2, 0.25) is 5.02 Å². The van der Waals surface area contributed by atoms with Crippen molar-refractivity contribution in [1.82, 2.24) is 9.80 Å². The van der Waals surface area contributed by atoms with E-state index in [9.17, 15) is 9.59 Å². The molecule has 1 aromatic carbocycles. The van der Waals surface area contributed by atoms with Gasteiger partial charge in [0.25, 0.3) is 0 Å². The number of carbonyl (C=O) groups is 2. The van der Waals surface area contributed by atoms with Crippen molar-refractivity contribution in [2.75, 3.05) is 45.7 Å². The first-order valence-electron chi connectivity index (χ1n) is 8.53. The molecule has 25 heavy (non-hydrogen) atoms. The molecule has 1 saturated carbocycles. The fourth-order valence-electron chi connectivity index (χ4n) is 3.17. The van der Waals surface area contributed by atoms with Crippen molar-refractivity contribution in [3.8, 4) is 5.75 Å². The summed E-state index contributed by atoms with van der Waals surface area (Å²) in [7, 11) is 3.59. The minimum Gasteiger partial charge on any atom is -0.495 e. The standard InChI is InChI=1S/C18H24ClN3O3/c1-11-8-15(16(25-3)10-14(11)19)20-17(23)12-9-13(12)18(24)22-6-4-21(2)5-7-22/h8,10,12-13H,4-7,9H2,1-3H3,(H,20,23). The van der Waals surface area contributed by atoms with Crippen LogP contribution < -0.4 is 10.1 Å². The molecule has 1 aromatic rings. The molecule has 1 aliphatic heterocycles. The maximum absolute atomic E-state index is 12.5. The number of rotatable bonds is 4. The van der Waals surface area contributed by atoms with Gasteiger partial charge in [0.15, 0.2) is 0 Å². The Labute approximate surface area is 153 Å². The Balaban J connectivity index is 1.60. The summed E-state index contributed by atoms with van der Waals surface area (Å²) >= 11 is 6.09. The molecular weight excluding hydrogens is 342 g/mol. The third kappa shape index (κ3) is 3.90. The van der Waals surface area contributed by atoms with E-state index in [-0.39, 0.29) is 23.7 Å². The molecule has 0 spiro atoms. The van der Waals surface area contributed by atoms with Crippen molar-refractivity contribution in [1.29, 1.82) is 0 Å². The number of hydrogen-bond acceptors (Lipinski definition) is 4. The SMILES string of the molecule is COc1cc(Cl)c(C)cc1NC(=O)C1CC1C(=O)N1CCN(C)CC1. The van der Waals surface area contributed by atoms with E-state index in [4.69, 9.17) is 16.3 Å². The van der Waals surface area contributed by atoms with Crippen LogP contribution in [0.25, 0.3) is 0 Å². The first-order chi connectivity index (χ1) is 11.9. The minimum atomic E-state index is -0.257. The third-order valence-electron chi connectivity index (χ3n) is 5.00. The number of benzene rings is 1. The molecule has 3 rings (SSSR count). The molecule has 2 aliphatic rings. The van der Waals surface area contributed by atoms with Crippen molar-refractivity contribution < 1.29 is 14.3 Å². The first kappa shape index (κ1) is 18.0. The van der Waals surface area contributed by atoms with Crippen LogP contribution in [0.5, 0.6) is 5.75 Å². The summed E-state index contributed by atoms with van der Waals surface area (Å²) in [5.74, 6) is 0.0437. The Bertz CT molecular complexity index is 686. The van der Waals surface area contributed by atoms with Gasteiger partial charge in [0.05, 0.1) is 24.6 Å². The summed E-state index contributed by atoms with van der Waals surface area (Å²) in [5.41, 5.74) is 1.45. The van der Waals surface area contributed by atoms with Crippen LogP contribution in [0, 0.1) is 18.8 Å². The highest BCUT2D eigenvalue weighted by Crippen LogP contribution is 2.42. The largest absolute Gasteiger partial charge is 0.495 e. The van der Waals surface area contributed by atoms with Gasteiger partial charge in [0.2, 0.25) is 11.8 Å². The molecule has 0 radical (unpaired) electrons. The van der Waals surface area contributed by atoms with E-state index in [1.54, 1.807) is 12.1 Å². The summed E-state index contributed by atoms with van der Waals surface area (Å²) in [6.07, 6.45) is 0.617. The summed E-state index contributed by atoms with van der Waals surface area (Å²) in [6, 6.07) is 3.48. The maximum atomic E-state index is 12.5. The predicted octanol–water partition coefficient (Wildman–Crippen LogP) is 2.01. The molecule has 2 amide bonds. The van der Waals surface area contributed by atoms with Crippen LogP contribution >= 0.6 is 11.6 Å². The Morgan fingerprint density at radius 3 is 2.52 bits per heavy atom. The number of hydrogen-bond donors (Lipinski definition) is 1. The highest BCUT2D eigenvalue weighted by Gasteiger charge is 2.49. The zero-order chi connectivity index (χ0) is 18.1. The number of nitrogens with zero attached hydrogens (tertiary/aromatic N) is 2. The van der Waals surface area contributed by atoms with Crippen molar-refractivity contribution >= 4 is 29.1 Å². The lowest BCUT2D eigenvalue weighted by Crippen LogP contribution is -2.48. The highest BCUT2D eigenvalue weighted by atomic mass is 35.5. The molecule has 1 N–H and O–H groups in total. The molecule has 2 atom stereocenters. The van der Waals surface area contributed by atoms with Gasteiger partial charge in [0, 0.05) is 37.3 Å². The zero-order valence-corrected chi connectivity index (χ0v) is 15.6. The van der Waals surface area contributed by atoms with E-state index in [1.165, 1.54) is 7.11 Å². The number of ether oxygens (including phenoxy) is 1. The molecular formula is C18H24ClN3O3. The number of amides is 2. The normalized spacial score (nSPS) is 23.3. The molecule has 1 heterocycles. The van der Waals surface area contributed by atoms with Crippen LogP contribution in [-0.2, 0) is 9.59 Å². The zero-order valence-electron chi connectivity index (χ0n) is 14.8. The van der Waals surface area contributed by atoms with Crippen LogP contribution in [-0.4, -0.2) is 62.0 Å². The van der Waals surface area contributed by atoms with Gasteiger partial charge in [-0.3, -0.25) is 9.59 Å². The Morgan fingerprint density at radius 2 is 1.88 bits per heavy atom. The number of nitrogens with one attached hydrogen (secondary N) is 1. The van der Waals surface area contributed by atoms with Crippen molar-refractivity contribution in [2.24, 2.45) is 11.8 Å². The van der Waals surface area contributed by atoms with Gasteiger partial charge in [0.1, 0.15) is 5.75 Å². The van der Waals surface area contributed by atoms with Crippen LogP contribution in [0.4, 0.5) is 5.69 Å². The number of piperazine rings is 1. The van der Waals surface area contributed by atoms with Crippen molar-refractivity contribution in [3.63, 3.8) is 0 Å². The van der Waals surface area contributed by atoms with Crippen LogP contribution in [0.15, 0.2) is 12.1 Å². The van der Waals surface area contributed by atoms with Crippen molar-refractivity contribution in [2.45, 2.75) is 13.3 Å². The van der Waals surface area contributed by atoms with Crippen LogP contribution in [0.1, 0.15) is 12.0 Å². The number of carbonyl (C=O) groups excluding carboxylic acids is 2. The monoisotopic (exact) mass is 365 g/mol. The molecule has 1 aliphatic carbocycles. The van der Waals surface area contributed by atoms with Gasteiger partial charge < -0.3 is 19.9 Å². The molecule has 2 fully saturated rings. The second-order valence-electron chi connectivity index (χ2n) is 6.87. The van der Waals surface area contributed by atoms with Gasteiger partial charge in [-0.1, -0.05) is 11.6 Å². The van der Waals surface area contributed by atoms with E-state index in [2.05, 4.69) is 17.3 Å². The van der Waals surface area contributed by atoms with Gasteiger partial charge in [-0.25, -0.2) is 0 Å². The molecule has 2 unspecified atom stereocenters. The number of likely N-dealkylation sites (N-methyl/N-ethyl adjacent to an activating group) is 1. The fraction of sp³-hybridized carbons (Fsp3) is 0.556. The molecule has 6 nitrogen and oxygen atoms in total. The smallest absolute Gasteiger partial charge is 0.228 e. The lowest BCUT2D eigenvalue weighted by Gasteiger charge is -2.32. The Morgan fingerprint density at radius 1 is 1.20 bits per heavy atom. The third-order valence-corrected chi connectivity index (χ3v) is 5.41. The number of aryl methyl sites for hydroxylation is 1. The number of halogens is 1. The van der Waals surface area contributed by atoms with Gasteiger partial charge >= 0.3 is 0 Å². The van der Waals surface area contributed by atoms with E-state index < -0.39 is 0 Å². The van der Waals surface area contributed by atoms with Gasteiger partial charge in [-0.2, -0.15) is 0 Å². The van der Waals surface area contributed by atoms with Crippen LogP contribution in [0.3, 0.4) is 0 Å².